The Balaban J connectivity index is 1.46. The Labute approximate surface area is 118 Å². The van der Waals surface area contributed by atoms with Gasteiger partial charge in [-0.05, 0) is 62.0 Å². The van der Waals surface area contributed by atoms with Crippen molar-refractivity contribution in [1.29, 1.82) is 0 Å². The van der Waals surface area contributed by atoms with Gasteiger partial charge in [-0.2, -0.15) is 0 Å². The van der Waals surface area contributed by atoms with Crippen LogP contribution in [0.1, 0.15) is 25.0 Å². The second kappa shape index (κ2) is 3.72. The van der Waals surface area contributed by atoms with Crippen LogP contribution in [0.5, 0.6) is 0 Å². The lowest BCUT2D eigenvalue weighted by molar-refractivity contribution is 0.456. The van der Waals surface area contributed by atoms with Crippen molar-refractivity contribution in [3.8, 4) is 0 Å². The molecule has 1 N–H and O–H groups in total. The number of hydrogen-bond acceptors (Lipinski definition) is 3. The number of nitrogens with one attached hydrogen (secondary N) is 1. The lowest BCUT2D eigenvalue weighted by Gasteiger charge is -2.13. The Bertz CT molecular complexity index is 680. The van der Waals surface area contributed by atoms with Crippen molar-refractivity contribution in [3.05, 3.63) is 30.0 Å². The van der Waals surface area contributed by atoms with Crippen LogP contribution in [-0.4, -0.2) is 16.0 Å². The van der Waals surface area contributed by atoms with Crippen molar-refractivity contribution >= 4 is 16.9 Å². The first kappa shape index (κ1) is 11.1. The number of aryl methyl sites for hydroxylation is 1. The Kier molecular flexibility index (Phi) is 2.06. The molecular formula is C17H19N3. The number of aromatic nitrogens is 2. The molecule has 3 aliphatic carbocycles. The molecule has 1 heterocycles. The molecule has 3 fully saturated rings. The molecule has 0 radical (unpaired) electrons. The zero-order valence-corrected chi connectivity index (χ0v) is 11.7. The van der Waals surface area contributed by atoms with Gasteiger partial charge in [-0.3, -0.25) is 0 Å². The van der Waals surface area contributed by atoms with Gasteiger partial charge in [-0.15, -0.1) is 0 Å². The van der Waals surface area contributed by atoms with Crippen LogP contribution in [0.4, 0.5) is 5.82 Å². The average Bonchev–Trinajstić information content (AvgIpc) is 2.84. The van der Waals surface area contributed by atoms with Gasteiger partial charge in [0, 0.05) is 6.04 Å². The van der Waals surface area contributed by atoms with Crippen LogP contribution >= 0.6 is 0 Å². The monoisotopic (exact) mass is 265 g/mol. The lowest BCUT2D eigenvalue weighted by Crippen LogP contribution is -2.15. The fraction of sp³-hybridized carbons (Fsp3) is 0.529. The van der Waals surface area contributed by atoms with Crippen LogP contribution in [0.3, 0.4) is 0 Å². The number of nitrogens with zero attached hydrogens (tertiary/aromatic N) is 2. The molecule has 2 bridgehead atoms. The average molecular weight is 265 g/mol. The van der Waals surface area contributed by atoms with E-state index in [1.807, 2.05) is 24.3 Å². The fourth-order valence-electron chi connectivity index (χ4n) is 4.90. The van der Waals surface area contributed by atoms with E-state index in [0.717, 1.165) is 46.2 Å². The summed E-state index contributed by atoms with van der Waals surface area (Å²) in [6, 6.07) is 8.81. The Hall–Kier alpha value is -1.64. The summed E-state index contributed by atoms with van der Waals surface area (Å²) in [5, 5.41) is 3.71. The van der Waals surface area contributed by atoms with Crippen molar-refractivity contribution in [2.75, 3.05) is 5.32 Å². The summed E-state index contributed by atoms with van der Waals surface area (Å²) >= 11 is 0. The summed E-state index contributed by atoms with van der Waals surface area (Å²) in [7, 11) is 0. The van der Waals surface area contributed by atoms with Crippen LogP contribution in [0.2, 0.25) is 0 Å². The van der Waals surface area contributed by atoms with E-state index in [1.54, 1.807) is 0 Å². The van der Waals surface area contributed by atoms with E-state index in [0.29, 0.717) is 6.04 Å². The summed E-state index contributed by atoms with van der Waals surface area (Å²) < 4.78 is 0. The first-order valence-electron chi connectivity index (χ1n) is 7.81. The van der Waals surface area contributed by atoms with E-state index >= 15 is 0 Å². The van der Waals surface area contributed by atoms with Gasteiger partial charge in [0.25, 0.3) is 0 Å². The highest BCUT2D eigenvalue weighted by atomic mass is 15.1. The normalized spacial score (nSPS) is 37.1. The maximum Gasteiger partial charge on any atom is 0.148 e. The Morgan fingerprint density at radius 2 is 1.65 bits per heavy atom. The van der Waals surface area contributed by atoms with Crippen LogP contribution in [0.25, 0.3) is 11.0 Å². The van der Waals surface area contributed by atoms with Crippen molar-refractivity contribution in [2.24, 2.45) is 23.7 Å². The van der Waals surface area contributed by atoms with Gasteiger partial charge in [0.15, 0.2) is 0 Å². The molecule has 0 saturated heterocycles. The highest BCUT2D eigenvalue weighted by Gasteiger charge is 2.65. The van der Waals surface area contributed by atoms with E-state index < -0.39 is 0 Å². The number of fused-ring (bicyclic) bond motifs is 6. The minimum Gasteiger partial charge on any atom is -0.365 e. The molecule has 0 aliphatic heterocycles. The maximum atomic E-state index is 4.78. The zero-order valence-electron chi connectivity index (χ0n) is 11.7. The summed E-state index contributed by atoms with van der Waals surface area (Å²) in [5.74, 6) is 4.86. The molecule has 0 spiro atoms. The molecule has 3 aliphatic rings. The molecule has 3 nitrogen and oxygen atoms in total. The van der Waals surface area contributed by atoms with E-state index in [2.05, 4.69) is 17.2 Å². The van der Waals surface area contributed by atoms with E-state index in [9.17, 15) is 0 Å². The molecule has 0 amide bonds. The van der Waals surface area contributed by atoms with E-state index in [1.165, 1.54) is 19.3 Å². The second-order valence-electron chi connectivity index (χ2n) is 6.80. The van der Waals surface area contributed by atoms with E-state index in [-0.39, 0.29) is 0 Å². The summed E-state index contributed by atoms with van der Waals surface area (Å²) in [5.41, 5.74) is 3.02. The predicted octanol–water partition coefficient (Wildman–Crippen LogP) is 3.39. The number of benzene rings is 1. The Morgan fingerprint density at radius 1 is 1.00 bits per heavy atom. The molecule has 3 heteroatoms. The van der Waals surface area contributed by atoms with E-state index in [4.69, 9.17) is 4.98 Å². The lowest BCUT2D eigenvalue weighted by atomic mass is 10.0. The van der Waals surface area contributed by atoms with Crippen molar-refractivity contribution in [3.63, 3.8) is 0 Å². The third-order valence-corrected chi connectivity index (χ3v) is 5.78. The molecule has 4 unspecified atom stereocenters. The molecule has 1 aromatic heterocycles. The SMILES string of the molecule is Cc1nc2ccccc2nc1NC1C2C3CCC(C3)C12. The molecule has 4 atom stereocenters. The summed E-state index contributed by atoms with van der Waals surface area (Å²) in [6.45, 7) is 2.06. The molecule has 5 rings (SSSR count). The van der Waals surface area contributed by atoms with Crippen molar-refractivity contribution in [2.45, 2.75) is 32.2 Å². The van der Waals surface area contributed by atoms with Crippen molar-refractivity contribution in [1.82, 2.24) is 9.97 Å². The molecule has 20 heavy (non-hydrogen) atoms. The standard InChI is InChI=1S/C17H19N3/c1-9-17(19-13-5-3-2-4-12(13)18-9)20-16-14-10-6-7-11(8-10)15(14)16/h2-5,10-11,14-16H,6-8H2,1H3,(H,19,20). The number of para-hydroxylation sites is 2. The maximum absolute atomic E-state index is 4.78. The van der Waals surface area contributed by atoms with Crippen molar-refractivity contribution < 1.29 is 0 Å². The third-order valence-electron chi connectivity index (χ3n) is 5.78. The number of rotatable bonds is 2. The quantitative estimate of drug-likeness (QED) is 0.904. The van der Waals surface area contributed by atoms with Gasteiger partial charge in [0.05, 0.1) is 16.7 Å². The Morgan fingerprint density at radius 3 is 2.35 bits per heavy atom. The highest BCUT2D eigenvalue weighted by Crippen LogP contribution is 2.66. The summed E-state index contributed by atoms with van der Waals surface area (Å²) in [4.78, 5) is 9.46. The van der Waals surface area contributed by atoms with Crippen LogP contribution in [0.15, 0.2) is 24.3 Å². The number of hydrogen-bond donors (Lipinski definition) is 1. The van der Waals surface area contributed by atoms with Gasteiger partial charge in [-0.25, -0.2) is 9.97 Å². The molecule has 2 aromatic rings. The van der Waals surface area contributed by atoms with Gasteiger partial charge in [0.1, 0.15) is 5.82 Å². The zero-order chi connectivity index (χ0) is 13.3. The number of anilines is 1. The fourth-order valence-corrected chi connectivity index (χ4v) is 4.90. The first-order valence-corrected chi connectivity index (χ1v) is 7.81. The van der Waals surface area contributed by atoms with Crippen LogP contribution in [0, 0.1) is 30.6 Å². The van der Waals surface area contributed by atoms with Crippen LogP contribution in [-0.2, 0) is 0 Å². The predicted molar refractivity (Wildman–Crippen MR) is 79.5 cm³/mol. The highest BCUT2D eigenvalue weighted by molar-refractivity contribution is 5.76. The molecule has 102 valence electrons. The van der Waals surface area contributed by atoms with Gasteiger partial charge >= 0.3 is 0 Å². The summed E-state index contributed by atoms with van der Waals surface area (Å²) in [6.07, 6.45) is 4.43. The minimum atomic E-state index is 0.676. The topological polar surface area (TPSA) is 37.8 Å². The van der Waals surface area contributed by atoms with Gasteiger partial charge in [-0.1, -0.05) is 12.1 Å². The van der Waals surface area contributed by atoms with Gasteiger partial charge < -0.3 is 5.32 Å². The molecular weight excluding hydrogens is 246 g/mol. The minimum absolute atomic E-state index is 0.676. The second-order valence-corrected chi connectivity index (χ2v) is 6.80. The van der Waals surface area contributed by atoms with Crippen LogP contribution < -0.4 is 5.32 Å². The smallest absolute Gasteiger partial charge is 0.148 e. The molecule has 1 aromatic carbocycles. The third kappa shape index (κ3) is 1.41. The first-order chi connectivity index (χ1) is 9.81. The molecule has 3 saturated carbocycles. The van der Waals surface area contributed by atoms with Gasteiger partial charge in [0.2, 0.25) is 0 Å². The largest absolute Gasteiger partial charge is 0.365 e.